The molecule has 1 amide bonds. The zero-order chi connectivity index (χ0) is 20.6. The standard InChI is InChI=1S/C22H30N2O4S/c1-16-9-13-23(14-10-16)22(25)21-17(2)19-15-18(7-8-20(19)28-21)29(26,27)24-11-5-3-4-6-12-24/h7-8,15-16H,3-6,9-14H2,1-2H3. The van der Waals surface area contributed by atoms with Crippen LogP contribution < -0.4 is 0 Å². The van der Waals surface area contributed by atoms with E-state index in [1.807, 2.05) is 11.8 Å². The summed E-state index contributed by atoms with van der Waals surface area (Å²) >= 11 is 0. The van der Waals surface area contributed by atoms with E-state index in [1.54, 1.807) is 22.5 Å². The number of rotatable bonds is 3. The lowest BCUT2D eigenvalue weighted by Crippen LogP contribution is -2.38. The second kappa shape index (κ2) is 8.11. The number of hydrogen-bond acceptors (Lipinski definition) is 4. The molecule has 158 valence electrons. The highest BCUT2D eigenvalue weighted by atomic mass is 32.2. The van der Waals surface area contributed by atoms with Crippen molar-refractivity contribution in [3.05, 3.63) is 29.5 Å². The average Bonchev–Trinajstić information content (AvgIpc) is 2.89. The lowest BCUT2D eigenvalue weighted by molar-refractivity contribution is 0.0666. The molecule has 0 unspecified atom stereocenters. The molecule has 0 atom stereocenters. The van der Waals surface area contributed by atoms with E-state index in [2.05, 4.69) is 6.92 Å². The highest BCUT2D eigenvalue weighted by Gasteiger charge is 2.29. The van der Waals surface area contributed by atoms with Crippen LogP contribution >= 0.6 is 0 Å². The minimum absolute atomic E-state index is 0.0949. The minimum Gasteiger partial charge on any atom is -0.451 e. The topological polar surface area (TPSA) is 70.8 Å². The Labute approximate surface area is 172 Å². The van der Waals surface area contributed by atoms with E-state index in [1.165, 1.54) is 0 Å². The SMILES string of the molecule is Cc1c(C(=O)N2CCC(C)CC2)oc2ccc(S(=O)(=O)N3CCCCCC3)cc12. The van der Waals surface area contributed by atoms with Crippen LogP contribution in [0.25, 0.3) is 11.0 Å². The van der Waals surface area contributed by atoms with E-state index in [4.69, 9.17) is 4.42 Å². The van der Waals surface area contributed by atoms with Crippen LogP contribution in [0.1, 0.15) is 61.6 Å². The number of benzene rings is 1. The average molecular weight is 419 g/mol. The summed E-state index contributed by atoms with van der Waals surface area (Å²) in [5, 5.41) is 0.703. The molecule has 6 nitrogen and oxygen atoms in total. The third kappa shape index (κ3) is 3.94. The van der Waals surface area contributed by atoms with Crippen LogP contribution in [-0.4, -0.2) is 49.7 Å². The molecule has 0 radical (unpaired) electrons. The van der Waals surface area contributed by atoms with Crippen molar-refractivity contribution in [3.8, 4) is 0 Å². The van der Waals surface area contributed by atoms with Gasteiger partial charge >= 0.3 is 0 Å². The summed E-state index contributed by atoms with van der Waals surface area (Å²) in [6, 6.07) is 4.95. The van der Waals surface area contributed by atoms with Gasteiger partial charge in [0.05, 0.1) is 4.90 Å². The smallest absolute Gasteiger partial charge is 0.289 e. The molecule has 2 saturated heterocycles. The molecule has 1 aromatic heterocycles. The van der Waals surface area contributed by atoms with Crippen LogP contribution in [-0.2, 0) is 10.0 Å². The van der Waals surface area contributed by atoms with Crippen molar-refractivity contribution in [3.63, 3.8) is 0 Å². The molecule has 0 saturated carbocycles. The molecule has 0 bridgehead atoms. The van der Waals surface area contributed by atoms with E-state index in [-0.39, 0.29) is 10.8 Å². The quantitative estimate of drug-likeness (QED) is 0.750. The van der Waals surface area contributed by atoms with Gasteiger partial charge in [0.1, 0.15) is 5.58 Å². The molecule has 2 aliphatic heterocycles. The number of sulfonamides is 1. The Balaban J connectivity index is 1.64. The van der Waals surface area contributed by atoms with Crippen molar-refractivity contribution in [2.45, 2.75) is 57.3 Å². The summed E-state index contributed by atoms with van der Waals surface area (Å²) in [4.78, 5) is 15.1. The summed E-state index contributed by atoms with van der Waals surface area (Å²) in [6.07, 6.45) is 5.96. The molecule has 3 heterocycles. The maximum absolute atomic E-state index is 13.1. The first-order chi connectivity index (χ1) is 13.9. The summed E-state index contributed by atoms with van der Waals surface area (Å²) in [5.41, 5.74) is 1.28. The molecule has 2 fully saturated rings. The Bertz CT molecular complexity index is 995. The largest absolute Gasteiger partial charge is 0.451 e. The molecule has 7 heteroatoms. The van der Waals surface area contributed by atoms with Gasteiger partial charge in [0.25, 0.3) is 5.91 Å². The van der Waals surface area contributed by atoms with Gasteiger partial charge in [0.15, 0.2) is 5.76 Å². The fourth-order valence-corrected chi connectivity index (χ4v) is 5.89. The number of amides is 1. The molecule has 0 spiro atoms. The van der Waals surface area contributed by atoms with Crippen LogP contribution in [0.15, 0.2) is 27.5 Å². The van der Waals surface area contributed by atoms with Crippen molar-refractivity contribution in [1.29, 1.82) is 0 Å². The van der Waals surface area contributed by atoms with Crippen molar-refractivity contribution in [2.24, 2.45) is 5.92 Å². The normalized spacial score (nSPS) is 20.1. The zero-order valence-electron chi connectivity index (χ0n) is 17.3. The number of furan rings is 1. The van der Waals surface area contributed by atoms with Gasteiger partial charge < -0.3 is 9.32 Å². The number of carbonyl (C=O) groups is 1. The van der Waals surface area contributed by atoms with Gasteiger partial charge in [-0.15, -0.1) is 0 Å². The number of aryl methyl sites for hydroxylation is 1. The predicted octanol–water partition coefficient (Wildman–Crippen LogP) is 4.18. The summed E-state index contributed by atoms with van der Waals surface area (Å²) in [6.45, 7) is 6.67. The third-order valence-electron chi connectivity index (χ3n) is 6.38. The number of hydrogen-bond donors (Lipinski definition) is 0. The second-order valence-corrected chi connectivity index (χ2v) is 10.4. The monoisotopic (exact) mass is 418 g/mol. The molecule has 2 aliphatic rings. The lowest BCUT2D eigenvalue weighted by atomic mass is 9.99. The van der Waals surface area contributed by atoms with Gasteiger partial charge in [0, 0.05) is 37.1 Å². The highest BCUT2D eigenvalue weighted by Crippen LogP contribution is 2.31. The molecular formula is C22H30N2O4S. The molecule has 2 aromatic rings. The first-order valence-electron chi connectivity index (χ1n) is 10.7. The van der Waals surface area contributed by atoms with Crippen LogP contribution in [0.3, 0.4) is 0 Å². The molecule has 0 aliphatic carbocycles. The van der Waals surface area contributed by atoms with Gasteiger partial charge in [0.2, 0.25) is 10.0 Å². The van der Waals surface area contributed by atoms with Crippen LogP contribution in [0.4, 0.5) is 0 Å². The van der Waals surface area contributed by atoms with Gasteiger partial charge in [-0.1, -0.05) is 19.8 Å². The number of nitrogens with zero attached hydrogens (tertiary/aromatic N) is 2. The van der Waals surface area contributed by atoms with E-state index >= 15 is 0 Å². The number of fused-ring (bicyclic) bond motifs is 1. The summed E-state index contributed by atoms with van der Waals surface area (Å²) in [5.74, 6) is 0.879. The fraction of sp³-hybridized carbons (Fsp3) is 0.591. The summed E-state index contributed by atoms with van der Waals surface area (Å²) < 4.78 is 33.7. The Kier molecular flexibility index (Phi) is 5.71. The number of likely N-dealkylation sites (tertiary alicyclic amines) is 1. The van der Waals surface area contributed by atoms with E-state index < -0.39 is 10.0 Å². The molecular weight excluding hydrogens is 388 g/mol. The lowest BCUT2D eigenvalue weighted by Gasteiger charge is -2.29. The Hall–Kier alpha value is -1.86. The van der Waals surface area contributed by atoms with E-state index in [0.29, 0.717) is 35.7 Å². The van der Waals surface area contributed by atoms with E-state index in [9.17, 15) is 13.2 Å². The number of piperidine rings is 1. The Morgan fingerprint density at radius 3 is 2.34 bits per heavy atom. The minimum atomic E-state index is -3.53. The van der Waals surface area contributed by atoms with Crippen molar-refractivity contribution in [2.75, 3.05) is 26.2 Å². The van der Waals surface area contributed by atoms with Gasteiger partial charge in [-0.05, 0) is 56.7 Å². The van der Waals surface area contributed by atoms with Crippen molar-refractivity contribution >= 4 is 26.9 Å². The Morgan fingerprint density at radius 1 is 1.03 bits per heavy atom. The van der Waals surface area contributed by atoms with Gasteiger partial charge in [-0.25, -0.2) is 8.42 Å². The van der Waals surface area contributed by atoms with Gasteiger partial charge in [-0.3, -0.25) is 4.79 Å². The van der Waals surface area contributed by atoms with E-state index in [0.717, 1.165) is 57.2 Å². The first-order valence-corrected chi connectivity index (χ1v) is 12.1. The summed E-state index contributed by atoms with van der Waals surface area (Å²) in [7, 11) is -3.53. The molecule has 4 rings (SSSR count). The molecule has 29 heavy (non-hydrogen) atoms. The van der Waals surface area contributed by atoms with Crippen molar-refractivity contribution in [1.82, 2.24) is 9.21 Å². The van der Waals surface area contributed by atoms with Crippen molar-refractivity contribution < 1.29 is 17.6 Å². The fourth-order valence-electron chi connectivity index (χ4n) is 4.35. The molecule has 0 N–H and O–H groups in total. The maximum Gasteiger partial charge on any atom is 0.289 e. The Morgan fingerprint density at radius 2 is 1.69 bits per heavy atom. The number of carbonyl (C=O) groups excluding carboxylic acids is 1. The third-order valence-corrected chi connectivity index (χ3v) is 8.27. The second-order valence-electron chi connectivity index (χ2n) is 8.51. The predicted molar refractivity (Wildman–Crippen MR) is 112 cm³/mol. The van der Waals surface area contributed by atoms with Gasteiger partial charge in [-0.2, -0.15) is 4.31 Å². The first kappa shape index (κ1) is 20.4. The van der Waals surface area contributed by atoms with Crippen LogP contribution in [0, 0.1) is 12.8 Å². The van der Waals surface area contributed by atoms with Crippen LogP contribution in [0.2, 0.25) is 0 Å². The zero-order valence-corrected chi connectivity index (χ0v) is 18.1. The highest BCUT2D eigenvalue weighted by molar-refractivity contribution is 7.89. The molecule has 1 aromatic carbocycles. The maximum atomic E-state index is 13.1. The van der Waals surface area contributed by atoms with Crippen LogP contribution in [0.5, 0.6) is 0 Å².